The standard InChI is InChI=1S/C42H57B2O10/c1-12-50-37(45)33-25-28(13-18-36(33)51-24-23-49-22-21-48-20-19-47-11)42(10)34-26-29(43-52-39(4,5)38(2,3)46)14-16-31(34)32-17-15-30(27-35(32)42)44-53-40(6,7)41(8,9)54-44/h13-18,25-27,46H,12,19-24H2,1-11H3. The van der Waals surface area contributed by atoms with Crippen LogP contribution < -0.4 is 15.7 Å². The third kappa shape index (κ3) is 8.60. The molecule has 1 heterocycles. The summed E-state index contributed by atoms with van der Waals surface area (Å²) < 4.78 is 46.9. The maximum Gasteiger partial charge on any atom is 0.494 e. The number of benzene rings is 3. The quantitative estimate of drug-likeness (QED) is 0.104. The number of fused-ring (bicyclic) bond motifs is 3. The molecule has 1 N–H and O–H groups in total. The third-order valence-corrected chi connectivity index (χ3v) is 11.3. The SMILES string of the molecule is CCOC(=O)c1cc(C2(C)c3cc([B]OC(C)(C)C(C)(C)O)ccc3-c3ccc(B4OC(C)(C)C(C)(C)O4)cc32)ccc1OCCOCCOCCOC. The van der Waals surface area contributed by atoms with E-state index in [1.807, 2.05) is 65.8 Å². The zero-order chi connectivity index (χ0) is 39.5. The van der Waals surface area contributed by atoms with E-state index in [1.54, 1.807) is 35.4 Å². The fourth-order valence-corrected chi connectivity index (χ4v) is 6.45. The summed E-state index contributed by atoms with van der Waals surface area (Å²) in [5.41, 5.74) is 3.51. The molecule has 1 radical (unpaired) electrons. The molecule has 12 heteroatoms. The zero-order valence-electron chi connectivity index (χ0n) is 33.9. The first-order valence-corrected chi connectivity index (χ1v) is 18.8. The lowest BCUT2D eigenvalue weighted by Gasteiger charge is -2.37. The molecule has 291 valence electrons. The van der Waals surface area contributed by atoms with E-state index in [4.69, 9.17) is 37.6 Å². The van der Waals surface area contributed by atoms with E-state index in [2.05, 4.69) is 37.3 Å². The van der Waals surface area contributed by atoms with E-state index in [0.717, 1.165) is 38.7 Å². The van der Waals surface area contributed by atoms with Gasteiger partial charge in [0.25, 0.3) is 0 Å². The second-order valence-electron chi connectivity index (χ2n) is 16.1. The van der Waals surface area contributed by atoms with E-state index in [-0.39, 0.29) is 13.2 Å². The van der Waals surface area contributed by atoms with Crippen molar-refractivity contribution in [2.45, 2.75) is 97.1 Å². The predicted octanol–water partition coefficient (Wildman–Crippen LogP) is 5.37. The Morgan fingerprint density at radius 2 is 1.39 bits per heavy atom. The zero-order valence-corrected chi connectivity index (χ0v) is 33.9. The molecule has 1 unspecified atom stereocenters. The van der Waals surface area contributed by atoms with Crippen molar-refractivity contribution in [3.8, 4) is 16.9 Å². The highest BCUT2D eigenvalue weighted by Gasteiger charge is 2.52. The van der Waals surface area contributed by atoms with Crippen LogP contribution in [0.3, 0.4) is 0 Å². The molecule has 54 heavy (non-hydrogen) atoms. The van der Waals surface area contributed by atoms with Crippen LogP contribution in [0.25, 0.3) is 11.1 Å². The van der Waals surface area contributed by atoms with E-state index < -0.39 is 40.9 Å². The summed E-state index contributed by atoms with van der Waals surface area (Å²) in [6, 6.07) is 18.3. The summed E-state index contributed by atoms with van der Waals surface area (Å²) >= 11 is 0. The van der Waals surface area contributed by atoms with Crippen LogP contribution in [0.2, 0.25) is 0 Å². The number of hydrogen-bond donors (Lipinski definition) is 1. The lowest BCUT2D eigenvalue weighted by atomic mass is 9.70. The molecule has 1 atom stereocenters. The van der Waals surface area contributed by atoms with Gasteiger partial charge in [0.1, 0.15) is 17.9 Å². The van der Waals surface area contributed by atoms with Gasteiger partial charge in [0.15, 0.2) is 0 Å². The van der Waals surface area contributed by atoms with Crippen molar-refractivity contribution in [1.82, 2.24) is 0 Å². The molecule has 0 spiro atoms. The number of carbonyl (C=O) groups is 1. The number of carbonyl (C=O) groups excluding carboxylic acids is 1. The smallest absolute Gasteiger partial charge is 0.490 e. The molecular formula is C42H57B2O10. The van der Waals surface area contributed by atoms with Crippen molar-refractivity contribution in [3.05, 3.63) is 76.9 Å². The Labute approximate surface area is 322 Å². The third-order valence-electron chi connectivity index (χ3n) is 11.3. The van der Waals surface area contributed by atoms with Crippen LogP contribution >= 0.6 is 0 Å². The van der Waals surface area contributed by atoms with Gasteiger partial charge in [-0.1, -0.05) is 47.9 Å². The Hall–Kier alpha value is -3.22. The molecule has 0 bridgehead atoms. The summed E-state index contributed by atoms with van der Waals surface area (Å²) in [6.07, 6.45) is 0. The number of hydrogen-bond acceptors (Lipinski definition) is 10. The first-order chi connectivity index (χ1) is 25.4. The van der Waals surface area contributed by atoms with Gasteiger partial charge in [0.05, 0.1) is 62.0 Å². The minimum atomic E-state index is -1.08. The first-order valence-electron chi connectivity index (χ1n) is 18.8. The molecule has 1 aliphatic carbocycles. The summed E-state index contributed by atoms with van der Waals surface area (Å²) in [7, 11) is 2.78. The molecule has 2 aliphatic rings. The van der Waals surface area contributed by atoms with E-state index in [0.29, 0.717) is 44.3 Å². The molecule has 0 aromatic heterocycles. The van der Waals surface area contributed by atoms with Crippen molar-refractivity contribution in [3.63, 3.8) is 0 Å². The topological polar surface area (TPSA) is 111 Å². The summed E-state index contributed by atoms with van der Waals surface area (Å²) in [5.74, 6) is -0.0614. The second-order valence-corrected chi connectivity index (χ2v) is 16.1. The summed E-state index contributed by atoms with van der Waals surface area (Å²) in [4.78, 5) is 13.5. The van der Waals surface area contributed by atoms with Crippen LogP contribution in [-0.4, -0.2) is 101 Å². The minimum absolute atomic E-state index is 0.218. The molecular weight excluding hydrogens is 686 g/mol. The Balaban J connectivity index is 1.53. The van der Waals surface area contributed by atoms with Crippen LogP contribution in [0, 0.1) is 0 Å². The molecule has 3 aromatic rings. The molecule has 5 rings (SSSR count). The molecule has 1 aliphatic heterocycles. The minimum Gasteiger partial charge on any atom is -0.490 e. The highest BCUT2D eigenvalue weighted by molar-refractivity contribution is 6.62. The number of ether oxygens (including phenoxy) is 5. The number of methoxy groups -OCH3 is 1. The fraction of sp³-hybridized carbons (Fsp3) is 0.548. The Morgan fingerprint density at radius 3 is 2.00 bits per heavy atom. The van der Waals surface area contributed by atoms with Gasteiger partial charge in [-0.05, 0) is 115 Å². The van der Waals surface area contributed by atoms with Crippen LogP contribution in [0.5, 0.6) is 5.75 Å². The van der Waals surface area contributed by atoms with Crippen molar-refractivity contribution < 1.29 is 47.5 Å². The van der Waals surface area contributed by atoms with E-state index >= 15 is 0 Å². The highest BCUT2D eigenvalue weighted by atomic mass is 16.7. The maximum atomic E-state index is 13.5. The average molecular weight is 744 g/mol. The molecule has 1 fully saturated rings. The molecule has 0 saturated carbocycles. The van der Waals surface area contributed by atoms with Gasteiger partial charge in [-0.3, -0.25) is 0 Å². The molecule has 0 amide bonds. The van der Waals surface area contributed by atoms with Gasteiger partial charge in [-0.25, -0.2) is 4.79 Å². The van der Waals surface area contributed by atoms with E-state index in [9.17, 15) is 9.90 Å². The summed E-state index contributed by atoms with van der Waals surface area (Å²) in [6.45, 7) is 22.0. The summed E-state index contributed by atoms with van der Waals surface area (Å²) in [5, 5.41) is 10.7. The largest absolute Gasteiger partial charge is 0.494 e. The van der Waals surface area contributed by atoms with Crippen molar-refractivity contribution in [2.24, 2.45) is 0 Å². The molecule has 1 saturated heterocycles. The highest BCUT2D eigenvalue weighted by Crippen LogP contribution is 2.52. The van der Waals surface area contributed by atoms with E-state index in [1.165, 1.54) is 0 Å². The Morgan fingerprint density at radius 1 is 0.796 bits per heavy atom. The van der Waals surface area contributed by atoms with Gasteiger partial charge >= 0.3 is 20.6 Å². The van der Waals surface area contributed by atoms with Crippen molar-refractivity contribution in [2.75, 3.05) is 53.4 Å². The average Bonchev–Trinajstić information content (AvgIpc) is 3.50. The normalized spacial score (nSPS) is 18.7. The van der Waals surface area contributed by atoms with Gasteiger partial charge < -0.3 is 42.8 Å². The van der Waals surface area contributed by atoms with Crippen molar-refractivity contribution in [1.29, 1.82) is 0 Å². The van der Waals surface area contributed by atoms with Crippen LogP contribution in [0.1, 0.15) is 96.3 Å². The Kier molecular flexibility index (Phi) is 12.8. The van der Waals surface area contributed by atoms with Gasteiger partial charge in [0.2, 0.25) is 0 Å². The molecule has 10 nitrogen and oxygen atoms in total. The van der Waals surface area contributed by atoms with Gasteiger partial charge in [-0.15, -0.1) is 0 Å². The first kappa shape index (κ1) is 41.9. The number of rotatable bonds is 18. The van der Waals surface area contributed by atoms with Crippen LogP contribution in [-0.2, 0) is 38.3 Å². The number of esters is 1. The predicted molar refractivity (Wildman–Crippen MR) is 211 cm³/mol. The lowest BCUT2D eigenvalue weighted by Crippen LogP contribution is -2.49. The lowest BCUT2D eigenvalue weighted by molar-refractivity contribution is -0.0893. The van der Waals surface area contributed by atoms with Crippen molar-refractivity contribution >= 4 is 31.5 Å². The fourth-order valence-electron chi connectivity index (χ4n) is 6.45. The van der Waals surface area contributed by atoms with Crippen LogP contribution in [0.4, 0.5) is 0 Å². The van der Waals surface area contributed by atoms with Crippen LogP contribution in [0.15, 0.2) is 54.6 Å². The maximum absolute atomic E-state index is 13.5. The molecule has 3 aromatic carbocycles. The number of aliphatic hydroxyl groups is 1. The Bertz CT molecular complexity index is 1770. The van der Waals surface area contributed by atoms with Gasteiger partial charge in [-0.2, -0.15) is 0 Å². The second kappa shape index (κ2) is 16.5. The monoisotopic (exact) mass is 743 g/mol. The van der Waals surface area contributed by atoms with Gasteiger partial charge in [0, 0.05) is 12.5 Å².